The van der Waals surface area contributed by atoms with Crippen LogP contribution in [0.15, 0.2) is 24.3 Å². The lowest BCUT2D eigenvalue weighted by Crippen LogP contribution is -2.37. The second-order valence-corrected chi connectivity index (χ2v) is 5.92. The van der Waals surface area contributed by atoms with E-state index in [2.05, 4.69) is 11.0 Å². The number of piperidine rings is 1. The molecule has 106 valence electrons. The van der Waals surface area contributed by atoms with E-state index in [9.17, 15) is 5.11 Å². The van der Waals surface area contributed by atoms with Crippen molar-refractivity contribution in [2.75, 3.05) is 13.1 Å². The van der Waals surface area contributed by atoms with Gasteiger partial charge in [0.1, 0.15) is 0 Å². The first-order chi connectivity index (χ1) is 9.65. The van der Waals surface area contributed by atoms with E-state index in [1.165, 1.54) is 0 Å². The second kappa shape index (κ2) is 5.68. The van der Waals surface area contributed by atoms with Gasteiger partial charge in [0.25, 0.3) is 0 Å². The largest absolute Gasteiger partial charge is 0.392 e. The summed E-state index contributed by atoms with van der Waals surface area (Å²) in [5, 5.41) is 11.6. The molecule has 20 heavy (non-hydrogen) atoms. The Kier molecular flexibility index (Phi) is 3.92. The van der Waals surface area contributed by atoms with Crippen LogP contribution in [-0.2, 0) is 6.54 Å². The number of nitrogens with zero attached hydrogens (tertiary/aromatic N) is 2. The zero-order valence-electron chi connectivity index (χ0n) is 11.6. The molecule has 1 aliphatic rings. The molecule has 1 atom stereocenters. The van der Waals surface area contributed by atoms with Gasteiger partial charge in [0.15, 0.2) is 0 Å². The number of aliphatic hydroxyl groups excluding tert-OH is 1. The molecule has 3 nitrogen and oxygen atoms in total. The molecule has 4 heteroatoms. The standard InChI is InChI=1S/C16H19ClN2O/c1-11-13-6-2-3-7-14(13)18-15(16(11)17)10-19-8-4-5-12(20)9-19/h2-3,6-7,12,20H,4-5,8-10H2,1H3/t12-/m0/s1. The van der Waals surface area contributed by atoms with Crippen molar-refractivity contribution in [3.63, 3.8) is 0 Å². The number of fused-ring (bicyclic) bond motifs is 1. The summed E-state index contributed by atoms with van der Waals surface area (Å²) in [7, 11) is 0. The first-order valence-electron chi connectivity index (χ1n) is 7.09. The van der Waals surface area contributed by atoms with E-state index in [1.54, 1.807) is 0 Å². The van der Waals surface area contributed by atoms with E-state index in [0.717, 1.165) is 46.6 Å². The highest BCUT2D eigenvalue weighted by atomic mass is 35.5. The average Bonchev–Trinajstić information content (AvgIpc) is 2.45. The van der Waals surface area contributed by atoms with E-state index in [-0.39, 0.29) is 6.10 Å². The Morgan fingerprint density at radius 3 is 3.00 bits per heavy atom. The van der Waals surface area contributed by atoms with Crippen LogP contribution in [0.4, 0.5) is 0 Å². The third-order valence-corrected chi connectivity index (χ3v) is 4.50. The molecule has 0 amide bonds. The van der Waals surface area contributed by atoms with Gasteiger partial charge in [0.2, 0.25) is 0 Å². The summed E-state index contributed by atoms with van der Waals surface area (Å²) < 4.78 is 0. The van der Waals surface area contributed by atoms with Gasteiger partial charge in [-0.25, -0.2) is 4.98 Å². The minimum atomic E-state index is -0.218. The van der Waals surface area contributed by atoms with Gasteiger partial charge in [-0.15, -0.1) is 0 Å². The van der Waals surface area contributed by atoms with Gasteiger partial charge in [-0.3, -0.25) is 4.90 Å². The van der Waals surface area contributed by atoms with Crippen LogP contribution in [0, 0.1) is 6.92 Å². The Morgan fingerprint density at radius 1 is 1.40 bits per heavy atom. The van der Waals surface area contributed by atoms with Gasteiger partial charge >= 0.3 is 0 Å². The SMILES string of the molecule is Cc1c(Cl)c(CN2CCC[C@H](O)C2)nc2ccccc12. The lowest BCUT2D eigenvalue weighted by molar-refractivity contribution is 0.0663. The molecular weight excluding hydrogens is 272 g/mol. The lowest BCUT2D eigenvalue weighted by Gasteiger charge is -2.30. The topological polar surface area (TPSA) is 36.4 Å². The van der Waals surface area contributed by atoms with Gasteiger partial charge in [-0.05, 0) is 37.9 Å². The first kappa shape index (κ1) is 13.8. The number of rotatable bonds is 2. The number of para-hydroxylation sites is 1. The zero-order valence-corrected chi connectivity index (χ0v) is 12.4. The number of hydrogen-bond acceptors (Lipinski definition) is 3. The molecule has 0 spiro atoms. The number of aromatic nitrogens is 1. The van der Waals surface area contributed by atoms with Crippen LogP contribution in [0.3, 0.4) is 0 Å². The fourth-order valence-corrected chi connectivity index (χ4v) is 3.11. The number of hydrogen-bond donors (Lipinski definition) is 1. The average molecular weight is 291 g/mol. The Balaban J connectivity index is 1.93. The van der Waals surface area contributed by atoms with E-state index >= 15 is 0 Å². The van der Waals surface area contributed by atoms with Crippen molar-refractivity contribution in [2.24, 2.45) is 0 Å². The van der Waals surface area contributed by atoms with Gasteiger partial charge in [-0.2, -0.15) is 0 Å². The van der Waals surface area contributed by atoms with Crippen LogP contribution in [0.5, 0.6) is 0 Å². The first-order valence-corrected chi connectivity index (χ1v) is 7.47. The molecule has 3 rings (SSSR count). The Hall–Kier alpha value is -1.16. The predicted molar refractivity (Wildman–Crippen MR) is 82.0 cm³/mol. The molecule has 2 aromatic rings. The van der Waals surface area contributed by atoms with Crippen molar-refractivity contribution in [1.29, 1.82) is 0 Å². The quantitative estimate of drug-likeness (QED) is 0.923. The third kappa shape index (κ3) is 2.66. The molecular formula is C16H19ClN2O. The summed E-state index contributed by atoms with van der Waals surface area (Å²) in [5.74, 6) is 0. The number of aryl methyl sites for hydroxylation is 1. The lowest BCUT2D eigenvalue weighted by atomic mass is 10.1. The molecule has 1 aliphatic heterocycles. The minimum Gasteiger partial charge on any atom is -0.392 e. The van der Waals surface area contributed by atoms with E-state index in [4.69, 9.17) is 16.6 Å². The maximum atomic E-state index is 9.76. The molecule has 1 aromatic carbocycles. The second-order valence-electron chi connectivity index (χ2n) is 5.55. The molecule has 1 aromatic heterocycles. The highest BCUT2D eigenvalue weighted by Crippen LogP contribution is 2.28. The Labute approximate surface area is 124 Å². The number of likely N-dealkylation sites (tertiary alicyclic amines) is 1. The maximum absolute atomic E-state index is 9.76. The van der Waals surface area contributed by atoms with Crippen molar-refractivity contribution in [1.82, 2.24) is 9.88 Å². The van der Waals surface area contributed by atoms with Crippen molar-refractivity contribution >= 4 is 22.5 Å². The van der Waals surface area contributed by atoms with E-state index in [1.807, 2.05) is 25.1 Å². The Morgan fingerprint density at radius 2 is 2.20 bits per heavy atom. The van der Waals surface area contributed by atoms with Crippen LogP contribution in [0.2, 0.25) is 5.02 Å². The van der Waals surface area contributed by atoms with Crippen molar-refractivity contribution < 1.29 is 5.11 Å². The molecule has 2 heterocycles. The van der Waals surface area contributed by atoms with Crippen molar-refractivity contribution in [3.8, 4) is 0 Å². The molecule has 0 unspecified atom stereocenters. The summed E-state index contributed by atoms with van der Waals surface area (Å²) in [5.41, 5.74) is 2.99. The molecule has 0 radical (unpaired) electrons. The normalized spacial score (nSPS) is 20.4. The number of halogens is 1. The van der Waals surface area contributed by atoms with Gasteiger partial charge in [-0.1, -0.05) is 29.8 Å². The summed E-state index contributed by atoms with van der Waals surface area (Å²) in [6.07, 6.45) is 1.71. The van der Waals surface area contributed by atoms with E-state index in [0.29, 0.717) is 13.1 Å². The highest BCUT2D eigenvalue weighted by Gasteiger charge is 2.20. The van der Waals surface area contributed by atoms with Crippen LogP contribution < -0.4 is 0 Å². The molecule has 0 saturated carbocycles. The van der Waals surface area contributed by atoms with Gasteiger partial charge in [0.05, 0.1) is 22.3 Å². The highest BCUT2D eigenvalue weighted by molar-refractivity contribution is 6.32. The molecule has 1 N–H and O–H groups in total. The smallest absolute Gasteiger partial charge is 0.0740 e. The van der Waals surface area contributed by atoms with Crippen LogP contribution >= 0.6 is 11.6 Å². The maximum Gasteiger partial charge on any atom is 0.0740 e. The monoisotopic (exact) mass is 290 g/mol. The summed E-state index contributed by atoms with van der Waals surface area (Å²) in [4.78, 5) is 6.93. The van der Waals surface area contributed by atoms with Crippen molar-refractivity contribution in [2.45, 2.75) is 32.4 Å². The van der Waals surface area contributed by atoms with Gasteiger partial charge in [0, 0.05) is 18.5 Å². The minimum absolute atomic E-state index is 0.218. The summed E-state index contributed by atoms with van der Waals surface area (Å²) in [6.45, 7) is 4.47. The van der Waals surface area contributed by atoms with Crippen molar-refractivity contribution in [3.05, 3.63) is 40.5 Å². The molecule has 1 saturated heterocycles. The number of pyridine rings is 1. The number of β-amino-alcohol motifs (C(OH)–C–C–N with tert-alkyl or cyclic N) is 1. The van der Waals surface area contributed by atoms with Crippen LogP contribution in [0.1, 0.15) is 24.1 Å². The molecule has 0 aliphatic carbocycles. The molecule has 0 bridgehead atoms. The zero-order chi connectivity index (χ0) is 14.1. The predicted octanol–water partition coefficient (Wildman–Crippen LogP) is 3.15. The number of aliphatic hydroxyl groups is 1. The van der Waals surface area contributed by atoms with Crippen LogP contribution in [0.25, 0.3) is 10.9 Å². The fraction of sp³-hybridized carbons (Fsp3) is 0.438. The van der Waals surface area contributed by atoms with Gasteiger partial charge < -0.3 is 5.11 Å². The Bertz CT molecular complexity index is 629. The fourth-order valence-electron chi connectivity index (χ4n) is 2.91. The summed E-state index contributed by atoms with van der Waals surface area (Å²) >= 11 is 6.48. The third-order valence-electron chi connectivity index (χ3n) is 4.00. The van der Waals surface area contributed by atoms with E-state index < -0.39 is 0 Å². The molecule has 1 fully saturated rings. The number of benzene rings is 1. The summed E-state index contributed by atoms with van der Waals surface area (Å²) in [6, 6.07) is 8.08. The van der Waals surface area contributed by atoms with Crippen LogP contribution in [-0.4, -0.2) is 34.2 Å².